The fourth-order valence-electron chi connectivity index (χ4n) is 1.51. The minimum atomic E-state index is -4.67. The molecule has 0 aliphatic rings. The summed E-state index contributed by atoms with van der Waals surface area (Å²) in [5, 5.41) is 21.5. The number of anilines is 1. The van der Waals surface area contributed by atoms with Crippen LogP contribution in [0.25, 0.3) is 0 Å². The van der Waals surface area contributed by atoms with Crippen LogP contribution in [0, 0.1) is 11.3 Å². The molecule has 0 radical (unpaired) electrons. The van der Waals surface area contributed by atoms with Crippen molar-refractivity contribution < 1.29 is 27.4 Å². The molecule has 10 heteroatoms. The second-order valence-electron chi connectivity index (χ2n) is 4.43. The highest BCUT2D eigenvalue weighted by Gasteiger charge is 2.00. The molecule has 2 aromatic carbocycles. The summed E-state index contributed by atoms with van der Waals surface area (Å²) in [6, 6.07) is 15.3. The number of carboxylic acids is 1. The number of aromatic carboxylic acids is 1. The van der Waals surface area contributed by atoms with Crippen LogP contribution in [0.15, 0.2) is 53.6 Å². The average Bonchev–Trinajstić information content (AvgIpc) is 2.54. The first-order chi connectivity index (χ1) is 11.7. The Balaban J connectivity index is 0.000000550. The van der Waals surface area contributed by atoms with E-state index in [1.165, 1.54) is 12.1 Å². The summed E-state index contributed by atoms with van der Waals surface area (Å²) in [5.41, 5.74) is 5.18. The molecule has 4 N–H and O–H groups in total. The van der Waals surface area contributed by atoms with E-state index >= 15 is 0 Å². The minimum Gasteiger partial charge on any atom is -0.478 e. The molecule has 0 unspecified atom stereocenters. The quantitative estimate of drug-likeness (QED) is 0.365. The molecule has 9 nitrogen and oxygen atoms in total. The molecule has 0 saturated carbocycles. The lowest BCUT2D eigenvalue weighted by Gasteiger charge is -2.00. The second kappa shape index (κ2) is 9.14. The summed E-state index contributed by atoms with van der Waals surface area (Å²) in [6.07, 6.45) is 1.62. The largest absolute Gasteiger partial charge is 0.478 e. The Labute approximate surface area is 143 Å². The molecule has 0 aliphatic heterocycles. The van der Waals surface area contributed by atoms with Gasteiger partial charge in [0.25, 0.3) is 0 Å². The predicted octanol–water partition coefficient (Wildman–Crippen LogP) is 2.05. The van der Waals surface area contributed by atoms with Gasteiger partial charge in [0, 0.05) is 0 Å². The van der Waals surface area contributed by atoms with Crippen LogP contribution in [0.1, 0.15) is 21.5 Å². The lowest BCUT2D eigenvalue weighted by molar-refractivity contribution is 0.0697. The molecule has 0 amide bonds. The molecule has 0 bridgehead atoms. The van der Waals surface area contributed by atoms with Crippen LogP contribution in [0.2, 0.25) is 0 Å². The van der Waals surface area contributed by atoms with Gasteiger partial charge in [-0.05, 0) is 42.0 Å². The van der Waals surface area contributed by atoms with E-state index in [4.69, 9.17) is 27.9 Å². The number of hydrogen-bond donors (Lipinski definition) is 4. The Kier molecular flexibility index (Phi) is 7.23. The highest BCUT2D eigenvalue weighted by molar-refractivity contribution is 7.79. The summed E-state index contributed by atoms with van der Waals surface area (Å²) < 4.78 is 31.6. The first-order valence-electron chi connectivity index (χ1n) is 6.51. The molecule has 0 fully saturated rings. The Morgan fingerprint density at radius 3 is 2.04 bits per heavy atom. The van der Waals surface area contributed by atoms with Crippen molar-refractivity contribution >= 4 is 28.3 Å². The van der Waals surface area contributed by atoms with Crippen LogP contribution in [0.3, 0.4) is 0 Å². The third kappa shape index (κ3) is 8.82. The van der Waals surface area contributed by atoms with Crippen LogP contribution in [-0.4, -0.2) is 34.8 Å². The molecule has 0 aliphatic carbocycles. The topological polar surface area (TPSA) is 160 Å². The average molecular weight is 363 g/mol. The molecule has 0 aromatic heterocycles. The predicted molar refractivity (Wildman–Crippen MR) is 90.0 cm³/mol. The monoisotopic (exact) mass is 363 g/mol. The third-order valence-corrected chi connectivity index (χ3v) is 2.58. The summed E-state index contributed by atoms with van der Waals surface area (Å²) in [4.78, 5) is 10.7. The van der Waals surface area contributed by atoms with Gasteiger partial charge >= 0.3 is 16.4 Å². The number of nitriles is 1. The fraction of sp³-hybridized carbons (Fsp3) is 0. The molecule has 0 heterocycles. The summed E-state index contributed by atoms with van der Waals surface area (Å²) >= 11 is 0. The van der Waals surface area contributed by atoms with Crippen molar-refractivity contribution in [3.05, 3.63) is 65.2 Å². The maximum Gasteiger partial charge on any atom is 0.394 e. The number of benzene rings is 2. The van der Waals surface area contributed by atoms with Crippen molar-refractivity contribution in [2.75, 3.05) is 5.43 Å². The lowest BCUT2D eigenvalue weighted by Crippen LogP contribution is -1.96. The molecule has 2 rings (SSSR count). The van der Waals surface area contributed by atoms with Gasteiger partial charge in [-0.15, -0.1) is 0 Å². The molecule has 0 spiro atoms. The van der Waals surface area contributed by atoms with E-state index in [1.807, 2.05) is 6.07 Å². The Morgan fingerprint density at radius 2 is 1.60 bits per heavy atom. The Hall–Kier alpha value is -3.26. The van der Waals surface area contributed by atoms with Crippen molar-refractivity contribution in [1.29, 1.82) is 5.26 Å². The Morgan fingerprint density at radius 1 is 1.08 bits per heavy atom. The number of carboxylic acid groups (broad SMARTS) is 1. The molecule has 130 valence electrons. The van der Waals surface area contributed by atoms with Gasteiger partial charge in [0.05, 0.1) is 29.1 Å². The van der Waals surface area contributed by atoms with E-state index in [0.29, 0.717) is 11.3 Å². The number of carbonyl (C=O) groups is 1. The molecule has 0 saturated heterocycles. The van der Waals surface area contributed by atoms with Gasteiger partial charge in [0.1, 0.15) is 0 Å². The van der Waals surface area contributed by atoms with E-state index < -0.39 is 16.4 Å². The summed E-state index contributed by atoms with van der Waals surface area (Å²) in [5.74, 6) is -0.961. The van der Waals surface area contributed by atoms with Crippen molar-refractivity contribution in [3.63, 3.8) is 0 Å². The molecule has 25 heavy (non-hydrogen) atoms. The van der Waals surface area contributed by atoms with E-state index in [-0.39, 0.29) is 5.56 Å². The zero-order valence-electron chi connectivity index (χ0n) is 12.6. The SMILES string of the molecule is N#Cc1ccc(/C=N/Nc2ccc(C(=O)O)cc2)cc1.O=S(=O)(O)O. The van der Waals surface area contributed by atoms with Crippen molar-refractivity contribution in [3.8, 4) is 6.07 Å². The van der Waals surface area contributed by atoms with Crippen molar-refractivity contribution in [2.24, 2.45) is 5.10 Å². The highest BCUT2D eigenvalue weighted by Crippen LogP contribution is 2.09. The van der Waals surface area contributed by atoms with Crippen LogP contribution < -0.4 is 5.43 Å². The van der Waals surface area contributed by atoms with Gasteiger partial charge in [0.15, 0.2) is 0 Å². The number of rotatable bonds is 4. The summed E-state index contributed by atoms with van der Waals surface area (Å²) in [7, 11) is -4.67. The van der Waals surface area contributed by atoms with Crippen LogP contribution >= 0.6 is 0 Å². The van der Waals surface area contributed by atoms with Gasteiger partial charge in [-0.1, -0.05) is 12.1 Å². The number of hydrogen-bond acceptors (Lipinski definition) is 6. The van der Waals surface area contributed by atoms with Crippen molar-refractivity contribution in [2.45, 2.75) is 0 Å². The maximum atomic E-state index is 10.7. The molecular formula is C15H13N3O6S. The fourth-order valence-corrected chi connectivity index (χ4v) is 1.51. The molecular weight excluding hydrogens is 350 g/mol. The number of nitrogens with one attached hydrogen (secondary N) is 1. The van der Waals surface area contributed by atoms with Gasteiger partial charge in [-0.3, -0.25) is 14.5 Å². The highest BCUT2D eigenvalue weighted by atomic mass is 32.3. The number of nitrogens with zero attached hydrogens (tertiary/aromatic N) is 2. The summed E-state index contributed by atoms with van der Waals surface area (Å²) in [6.45, 7) is 0. The standard InChI is InChI=1S/C15H11N3O2.H2O4S/c16-9-11-1-3-12(4-2-11)10-17-18-14-7-5-13(6-8-14)15(19)20;1-5(2,3)4/h1-8,10,18H,(H,19,20);(H2,1,2,3,4)/b17-10+;. The Bertz CT molecular complexity index is 876. The van der Waals surface area contributed by atoms with Gasteiger partial charge < -0.3 is 5.11 Å². The van der Waals surface area contributed by atoms with Gasteiger partial charge in [0.2, 0.25) is 0 Å². The van der Waals surface area contributed by atoms with E-state index in [0.717, 1.165) is 5.56 Å². The van der Waals surface area contributed by atoms with Crippen LogP contribution in [0.4, 0.5) is 5.69 Å². The molecule has 2 aromatic rings. The van der Waals surface area contributed by atoms with E-state index in [9.17, 15) is 4.79 Å². The van der Waals surface area contributed by atoms with Gasteiger partial charge in [-0.2, -0.15) is 18.8 Å². The normalized spacial score (nSPS) is 10.4. The lowest BCUT2D eigenvalue weighted by atomic mass is 10.2. The van der Waals surface area contributed by atoms with Gasteiger partial charge in [-0.25, -0.2) is 4.79 Å². The first kappa shape index (κ1) is 19.8. The first-order valence-corrected chi connectivity index (χ1v) is 7.91. The second-order valence-corrected chi connectivity index (χ2v) is 5.33. The van der Waals surface area contributed by atoms with Crippen LogP contribution in [0.5, 0.6) is 0 Å². The van der Waals surface area contributed by atoms with Crippen molar-refractivity contribution in [1.82, 2.24) is 0 Å². The third-order valence-electron chi connectivity index (χ3n) is 2.58. The van der Waals surface area contributed by atoms with Crippen LogP contribution in [-0.2, 0) is 10.4 Å². The minimum absolute atomic E-state index is 0.228. The zero-order chi connectivity index (χ0) is 18.9. The smallest absolute Gasteiger partial charge is 0.394 e. The maximum absolute atomic E-state index is 10.7. The van der Waals surface area contributed by atoms with E-state index in [2.05, 4.69) is 10.5 Å². The zero-order valence-corrected chi connectivity index (χ0v) is 13.4. The molecule has 0 atom stereocenters. The number of hydrazone groups is 1. The van der Waals surface area contributed by atoms with E-state index in [1.54, 1.807) is 42.6 Å².